The summed E-state index contributed by atoms with van der Waals surface area (Å²) in [6, 6.07) is 14.8. The number of aliphatic hydroxyl groups excluding tert-OH is 2. The fourth-order valence-electron chi connectivity index (χ4n) is 9.63. The van der Waals surface area contributed by atoms with Gasteiger partial charge in [0, 0.05) is 73.0 Å². The van der Waals surface area contributed by atoms with E-state index in [9.17, 15) is 24.6 Å². The third kappa shape index (κ3) is 12.8. The van der Waals surface area contributed by atoms with Crippen molar-refractivity contribution in [1.82, 2.24) is 30.4 Å². The average Bonchev–Trinajstić information content (AvgIpc) is 4.02. The summed E-state index contributed by atoms with van der Waals surface area (Å²) < 4.78 is 58.7. The van der Waals surface area contributed by atoms with Crippen molar-refractivity contribution in [3.05, 3.63) is 106 Å². The van der Waals surface area contributed by atoms with Gasteiger partial charge >= 0.3 is 0 Å². The van der Waals surface area contributed by atoms with Crippen molar-refractivity contribution in [2.24, 2.45) is 5.41 Å². The molecule has 2 aliphatic heterocycles. The van der Waals surface area contributed by atoms with Gasteiger partial charge in [0.05, 0.1) is 40.9 Å². The van der Waals surface area contributed by atoms with E-state index in [-0.39, 0.29) is 63.2 Å². The molecule has 13 nitrogen and oxygen atoms in total. The predicted octanol–water partition coefficient (Wildman–Crippen LogP) is 8.09. The van der Waals surface area contributed by atoms with Crippen molar-refractivity contribution in [2.75, 3.05) is 32.9 Å². The summed E-state index contributed by atoms with van der Waals surface area (Å²) >= 11 is 1.56. The summed E-state index contributed by atoms with van der Waals surface area (Å²) in [5.41, 5.74) is 4.57. The van der Waals surface area contributed by atoms with Crippen molar-refractivity contribution in [2.45, 2.75) is 136 Å². The van der Waals surface area contributed by atoms with Crippen molar-refractivity contribution < 1.29 is 47.2 Å². The van der Waals surface area contributed by atoms with Gasteiger partial charge in [-0.15, -0.1) is 11.3 Å². The molecular formula is C53H67F3N6O7S. The standard InChI is InChI=1S/C53H67F3N6O7S/c1-31-22-39-38-14-8-9-15-42(38)59-46(39)47(62(31)29-53(6,7)56)45-40(54)24-37(25-41(45)55)69-21-11-13-35(63)12-10-20-68-28-44(65)60-49(52(3,4)5)51(67)61-27-36(64)23-43(61)50(66)57-26-33-16-18-34(19-17-33)48-32(2)58-30-70-48/h8-9,14-19,24-25,30-31,35-36,43,47,49,59,63-64H,10-13,20-23,26-29H2,1-7H3,(H,57,66)(H,60,65)/t31-,35?,36-,43+,47-,49?/m1/s1. The number of ether oxygens (including phenoxy) is 2. The van der Waals surface area contributed by atoms with Crippen LogP contribution in [0, 0.1) is 24.0 Å². The zero-order chi connectivity index (χ0) is 50.5. The molecule has 3 amide bonds. The van der Waals surface area contributed by atoms with Gasteiger partial charge in [0.15, 0.2) is 0 Å². The third-order valence-corrected chi connectivity index (χ3v) is 14.1. The number of benzene rings is 3. The van der Waals surface area contributed by atoms with Crippen LogP contribution in [0.2, 0.25) is 0 Å². The Labute approximate surface area is 412 Å². The predicted molar refractivity (Wildman–Crippen MR) is 264 cm³/mol. The van der Waals surface area contributed by atoms with Crippen LogP contribution in [0.3, 0.4) is 0 Å². The summed E-state index contributed by atoms with van der Waals surface area (Å²) in [4.78, 5) is 52.5. The quantitative estimate of drug-likeness (QED) is 0.0484. The fraction of sp³-hybridized carbons (Fsp3) is 0.509. The minimum atomic E-state index is -1.62. The second kappa shape index (κ2) is 22.4. The first-order chi connectivity index (χ1) is 33.2. The maximum absolute atomic E-state index is 16.1. The van der Waals surface area contributed by atoms with Crippen molar-refractivity contribution in [3.63, 3.8) is 0 Å². The number of thiazole rings is 1. The number of carbonyl (C=O) groups is 3. The fourth-order valence-corrected chi connectivity index (χ4v) is 10.4. The van der Waals surface area contributed by atoms with Gasteiger partial charge in [-0.05, 0) is 88.0 Å². The number of carbonyl (C=O) groups excluding carboxylic acids is 3. The van der Waals surface area contributed by atoms with E-state index < -0.39 is 70.8 Å². The molecule has 0 bridgehead atoms. The molecule has 0 saturated carbocycles. The first-order valence-corrected chi connectivity index (χ1v) is 25.0. The highest BCUT2D eigenvalue weighted by Crippen LogP contribution is 2.44. The number of β-amino-alcohol motifs (C(OH)–C–C–N with tert-alkyl or cyclic N) is 1. The topological polar surface area (TPSA) is 169 Å². The largest absolute Gasteiger partial charge is 0.493 e. The van der Waals surface area contributed by atoms with E-state index in [0.717, 1.165) is 50.3 Å². The number of nitrogens with one attached hydrogen (secondary N) is 3. The van der Waals surface area contributed by atoms with Crippen molar-refractivity contribution >= 4 is 40.0 Å². The lowest BCUT2D eigenvalue weighted by Gasteiger charge is -2.43. The molecule has 7 rings (SSSR count). The van der Waals surface area contributed by atoms with Crippen LogP contribution in [0.25, 0.3) is 21.3 Å². The number of nitrogens with zero attached hydrogens (tertiary/aromatic N) is 3. The highest BCUT2D eigenvalue weighted by atomic mass is 32.1. The molecule has 2 aliphatic rings. The molecular weight excluding hydrogens is 922 g/mol. The smallest absolute Gasteiger partial charge is 0.246 e. The Bertz CT molecular complexity index is 2590. The lowest BCUT2D eigenvalue weighted by molar-refractivity contribution is -0.144. The van der Waals surface area contributed by atoms with Gasteiger partial charge in [0.25, 0.3) is 0 Å². The lowest BCUT2D eigenvalue weighted by Crippen LogP contribution is -2.58. The normalized spacial score (nSPS) is 19.5. The number of aromatic nitrogens is 2. The first kappa shape index (κ1) is 52.5. The van der Waals surface area contributed by atoms with Crippen LogP contribution >= 0.6 is 11.3 Å². The number of rotatable bonds is 20. The molecule has 1 saturated heterocycles. The van der Waals surface area contributed by atoms with E-state index >= 15 is 13.2 Å². The Hall–Kier alpha value is -5.33. The number of amides is 3. The molecule has 0 aliphatic carbocycles. The number of halogens is 3. The van der Waals surface area contributed by atoms with E-state index in [2.05, 4.69) is 20.6 Å². The Morgan fingerprint density at radius 1 is 1.00 bits per heavy atom. The molecule has 4 heterocycles. The van der Waals surface area contributed by atoms with Crippen LogP contribution in [0.5, 0.6) is 5.75 Å². The molecule has 3 aromatic carbocycles. The minimum absolute atomic E-state index is 0.00739. The first-order valence-electron chi connectivity index (χ1n) is 24.1. The summed E-state index contributed by atoms with van der Waals surface area (Å²) in [6.45, 7) is 12.3. The zero-order valence-corrected chi connectivity index (χ0v) is 41.9. The summed E-state index contributed by atoms with van der Waals surface area (Å²) in [6.07, 6.45) is 0.583. The number of para-hydroxylation sites is 1. The van der Waals surface area contributed by atoms with Crippen LogP contribution in [0.4, 0.5) is 13.2 Å². The van der Waals surface area contributed by atoms with Gasteiger partial charge in [-0.3, -0.25) is 19.3 Å². The summed E-state index contributed by atoms with van der Waals surface area (Å²) in [7, 11) is 0. The molecule has 1 fully saturated rings. The summed E-state index contributed by atoms with van der Waals surface area (Å²) in [5.74, 6) is -3.00. The van der Waals surface area contributed by atoms with Crippen molar-refractivity contribution in [3.8, 4) is 16.2 Å². The average molecular weight is 989 g/mol. The molecule has 378 valence electrons. The second-order valence-electron chi connectivity index (χ2n) is 20.5. The Morgan fingerprint density at radius 3 is 2.34 bits per heavy atom. The number of aromatic amines is 1. The Balaban J connectivity index is 0.840. The maximum atomic E-state index is 16.1. The number of fused-ring (bicyclic) bond motifs is 3. The number of hydrogen-bond donors (Lipinski definition) is 5. The molecule has 0 radical (unpaired) electrons. The van der Waals surface area contributed by atoms with Gasteiger partial charge in [-0.25, -0.2) is 18.2 Å². The van der Waals surface area contributed by atoms with Gasteiger partial charge in [0.1, 0.15) is 41.7 Å². The summed E-state index contributed by atoms with van der Waals surface area (Å²) in [5, 5.41) is 27.9. The zero-order valence-electron chi connectivity index (χ0n) is 41.1. The number of aliphatic hydroxyl groups is 2. The molecule has 17 heteroatoms. The van der Waals surface area contributed by atoms with E-state index in [1.807, 2.05) is 67.3 Å². The van der Waals surface area contributed by atoms with Crippen LogP contribution in [0.15, 0.2) is 66.2 Å². The number of H-pyrrole nitrogens is 1. The van der Waals surface area contributed by atoms with Crippen molar-refractivity contribution in [1.29, 1.82) is 0 Å². The van der Waals surface area contributed by atoms with Gasteiger partial charge in [-0.2, -0.15) is 0 Å². The Kier molecular flexibility index (Phi) is 16.8. The molecule has 6 atom stereocenters. The molecule has 0 spiro atoms. The van der Waals surface area contributed by atoms with Gasteiger partial charge in [0.2, 0.25) is 17.7 Å². The van der Waals surface area contributed by atoms with E-state index in [0.29, 0.717) is 37.8 Å². The maximum Gasteiger partial charge on any atom is 0.246 e. The molecule has 2 aromatic heterocycles. The Morgan fingerprint density at radius 2 is 1.69 bits per heavy atom. The van der Waals surface area contributed by atoms with Crippen LogP contribution < -0.4 is 15.4 Å². The van der Waals surface area contributed by atoms with Crippen LogP contribution in [-0.2, 0) is 32.1 Å². The van der Waals surface area contributed by atoms with Gasteiger partial charge < -0.3 is 40.2 Å². The monoisotopic (exact) mass is 988 g/mol. The SMILES string of the molecule is Cc1ncsc1-c1ccc(CNC(=O)[C@@H]2C[C@@H](O)CN2C(=O)C(NC(=O)COCCCC(O)CCCOc2cc(F)c([C@@H]3c4[nH]c5ccccc5c4C[C@@H](C)N3CC(C)(C)F)c(F)c2)C(C)(C)C)cc1. The van der Waals surface area contributed by atoms with E-state index in [4.69, 9.17) is 9.47 Å². The number of aryl methyl sites for hydroxylation is 1. The van der Waals surface area contributed by atoms with Gasteiger partial charge in [-0.1, -0.05) is 63.2 Å². The highest BCUT2D eigenvalue weighted by Gasteiger charge is 2.45. The third-order valence-electron chi connectivity index (χ3n) is 13.1. The molecule has 5 N–H and O–H groups in total. The number of alkyl halides is 1. The van der Waals surface area contributed by atoms with E-state index in [1.165, 1.54) is 18.7 Å². The van der Waals surface area contributed by atoms with Crippen LogP contribution in [0.1, 0.15) is 108 Å². The van der Waals surface area contributed by atoms with Crippen LogP contribution in [-0.4, -0.2) is 117 Å². The van der Waals surface area contributed by atoms with E-state index in [1.54, 1.807) is 37.6 Å². The molecule has 5 aromatic rings. The lowest BCUT2D eigenvalue weighted by atomic mass is 9.85. The number of hydrogen-bond acceptors (Lipinski definition) is 10. The minimum Gasteiger partial charge on any atom is -0.493 e. The molecule has 2 unspecified atom stereocenters. The molecule has 70 heavy (non-hydrogen) atoms. The number of likely N-dealkylation sites (tertiary alicyclic amines) is 1. The highest BCUT2D eigenvalue weighted by molar-refractivity contribution is 7.13. The second-order valence-corrected chi connectivity index (χ2v) is 21.3.